The summed E-state index contributed by atoms with van der Waals surface area (Å²) in [4.78, 5) is 15.7. The molecule has 0 aliphatic carbocycles. The molecule has 2 N–H and O–H groups in total. The van der Waals surface area contributed by atoms with Gasteiger partial charge in [-0.2, -0.15) is 0 Å². The topological polar surface area (TPSA) is 63.3 Å². The van der Waals surface area contributed by atoms with Gasteiger partial charge in [0.15, 0.2) is 0 Å². The van der Waals surface area contributed by atoms with Gasteiger partial charge in [0.1, 0.15) is 17.8 Å². The summed E-state index contributed by atoms with van der Waals surface area (Å²) in [6.45, 7) is 0. The van der Waals surface area contributed by atoms with Crippen molar-refractivity contribution in [1.29, 1.82) is 0 Å². The first kappa shape index (κ1) is 19.6. The molecule has 1 aromatic heterocycles. The van der Waals surface area contributed by atoms with Crippen LogP contribution in [0.25, 0.3) is 10.9 Å². The zero-order valence-electron chi connectivity index (χ0n) is 17.0. The normalized spacial score (nSPS) is 12.9. The Kier molecular flexibility index (Phi) is 5.70. The number of aldehydes is 1. The number of aromatic nitrogens is 1. The van der Waals surface area contributed by atoms with E-state index in [1.807, 2.05) is 79.0 Å². The summed E-state index contributed by atoms with van der Waals surface area (Å²) >= 11 is 0. The first-order valence-corrected chi connectivity index (χ1v) is 9.79. The molecule has 0 radical (unpaired) electrons. The highest BCUT2D eigenvalue weighted by atomic mass is 16.5. The van der Waals surface area contributed by atoms with Crippen LogP contribution in [0.15, 0.2) is 79.0 Å². The minimum atomic E-state index is -0.402. The van der Waals surface area contributed by atoms with Crippen LogP contribution in [-0.4, -0.2) is 25.5 Å². The molecule has 0 spiro atoms. The fraction of sp³-hybridized carbons (Fsp3) is 0.160. The van der Waals surface area contributed by atoms with E-state index in [0.29, 0.717) is 11.5 Å². The molecule has 3 aromatic carbocycles. The van der Waals surface area contributed by atoms with E-state index in [0.717, 1.165) is 34.0 Å². The van der Waals surface area contributed by atoms with E-state index in [4.69, 9.17) is 9.47 Å². The fourth-order valence-corrected chi connectivity index (χ4v) is 3.81. The second-order valence-electron chi connectivity index (χ2n) is 7.09. The summed E-state index contributed by atoms with van der Waals surface area (Å²) in [5.74, 6) is 0.956. The molecule has 0 bridgehead atoms. The van der Waals surface area contributed by atoms with E-state index in [2.05, 4.69) is 10.3 Å². The van der Waals surface area contributed by atoms with Crippen molar-refractivity contribution >= 4 is 22.9 Å². The Balaban J connectivity index is 1.79. The molecule has 0 saturated heterocycles. The number of fused-ring (bicyclic) bond motifs is 1. The minimum absolute atomic E-state index is 0.278. The van der Waals surface area contributed by atoms with Gasteiger partial charge in [-0.15, -0.1) is 0 Å². The minimum Gasteiger partial charge on any atom is -0.497 e. The van der Waals surface area contributed by atoms with E-state index in [-0.39, 0.29) is 6.04 Å². The number of ether oxygens (including phenoxy) is 2. The second-order valence-corrected chi connectivity index (χ2v) is 7.09. The van der Waals surface area contributed by atoms with E-state index in [1.165, 1.54) is 0 Å². The van der Waals surface area contributed by atoms with Crippen molar-refractivity contribution in [3.05, 3.63) is 90.1 Å². The van der Waals surface area contributed by atoms with Gasteiger partial charge in [0.25, 0.3) is 0 Å². The molecule has 0 fully saturated rings. The Morgan fingerprint density at radius 1 is 0.900 bits per heavy atom. The zero-order chi connectivity index (χ0) is 20.9. The van der Waals surface area contributed by atoms with Crippen molar-refractivity contribution in [2.45, 2.75) is 12.0 Å². The number of carbonyl (C=O) groups excluding carboxylic acids is 1. The van der Waals surface area contributed by atoms with Crippen LogP contribution in [-0.2, 0) is 4.79 Å². The van der Waals surface area contributed by atoms with E-state index in [1.54, 1.807) is 14.2 Å². The number of hydrogen-bond acceptors (Lipinski definition) is 4. The number of para-hydroxylation sites is 1. The third-order valence-corrected chi connectivity index (χ3v) is 5.32. The Labute approximate surface area is 175 Å². The van der Waals surface area contributed by atoms with Crippen LogP contribution < -0.4 is 14.8 Å². The van der Waals surface area contributed by atoms with Crippen molar-refractivity contribution in [2.24, 2.45) is 0 Å². The monoisotopic (exact) mass is 400 g/mol. The largest absolute Gasteiger partial charge is 0.497 e. The second kappa shape index (κ2) is 8.74. The highest BCUT2D eigenvalue weighted by Crippen LogP contribution is 2.37. The number of H-pyrrole nitrogens is 1. The number of nitrogens with one attached hydrogen (secondary N) is 2. The molecule has 5 heteroatoms. The Hall–Kier alpha value is -3.73. The van der Waals surface area contributed by atoms with Crippen LogP contribution in [0.1, 0.15) is 23.1 Å². The van der Waals surface area contributed by atoms with Crippen molar-refractivity contribution in [3.63, 3.8) is 0 Å². The smallest absolute Gasteiger partial charge is 0.129 e. The van der Waals surface area contributed by atoms with Gasteiger partial charge in [-0.1, -0.05) is 48.5 Å². The third-order valence-electron chi connectivity index (χ3n) is 5.32. The van der Waals surface area contributed by atoms with Gasteiger partial charge in [-0.25, -0.2) is 0 Å². The van der Waals surface area contributed by atoms with Crippen LogP contribution in [0.5, 0.6) is 11.5 Å². The molecule has 152 valence electrons. The van der Waals surface area contributed by atoms with Crippen LogP contribution in [0, 0.1) is 0 Å². The fourth-order valence-electron chi connectivity index (χ4n) is 3.81. The molecular formula is C25H24N2O3. The standard InChI is InChI=1S/C25H24N2O3/c1-29-19-12-18(13-20(14-19)30-2)27-25(17-8-4-3-5-9-17)23(16-28)22-15-26-24-11-7-6-10-21(22)24/h3-16,23,25-27H,1-2H3. The van der Waals surface area contributed by atoms with Crippen molar-refractivity contribution in [3.8, 4) is 11.5 Å². The third kappa shape index (κ3) is 3.87. The van der Waals surface area contributed by atoms with Crippen molar-refractivity contribution in [1.82, 2.24) is 4.98 Å². The summed E-state index contributed by atoms with van der Waals surface area (Å²) in [5, 5.41) is 4.59. The summed E-state index contributed by atoms with van der Waals surface area (Å²) in [7, 11) is 3.24. The summed E-state index contributed by atoms with van der Waals surface area (Å²) in [6, 6.07) is 23.3. The number of anilines is 1. The summed E-state index contributed by atoms with van der Waals surface area (Å²) in [6.07, 6.45) is 2.94. The maximum absolute atomic E-state index is 12.4. The van der Waals surface area contributed by atoms with Gasteiger partial charge in [0.2, 0.25) is 0 Å². The van der Waals surface area contributed by atoms with Gasteiger partial charge >= 0.3 is 0 Å². The molecule has 2 unspecified atom stereocenters. The quantitative estimate of drug-likeness (QED) is 0.393. The van der Waals surface area contributed by atoms with E-state index < -0.39 is 5.92 Å². The highest BCUT2D eigenvalue weighted by molar-refractivity contribution is 5.87. The molecule has 0 saturated carbocycles. The maximum Gasteiger partial charge on any atom is 0.129 e. The maximum atomic E-state index is 12.4. The molecule has 0 aliphatic heterocycles. The number of benzene rings is 3. The Morgan fingerprint density at radius 3 is 2.23 bits per heavy atom. The molecule has 4 aromatic rings. The first-order valence-electron chi connectivity index (χ1n) is 9.79. The first-order chi connectivity index (χ1) is 14.7. The Morgan fingerprint density at radius 2 is 1.57 bits per heavy atom. The number of rotatable bonds is 8. The van der Waals surface area contributed by atoms with E-state index in [9.17, 15) is 4.79 Å². The molecule has 2 atom stereocenters. The average Bonchev–Trinajstić information content (AvgIpc) is 3.23. The lowest BCUT2D eigenvalue weighted by atomic mass is 9.87. The lowest BCUT2D eigenvalue weighted by Gasteiger charge is -2.26. The highest BCUT2D eigenvalue weighted by Gasteiger charge is 2.27. The predicted molar refractivity (Wildman–Crippen MR) is 119 cm³/mol. The molecule has 1 heterocycles. The lowest BCUT2D eigenvalue weighted by Crippen LogP contribution is -2.20. The molecule has 4 rings (SSSR count). The van der Waals surface area contributed by atoms with Gasteiger partial charge in [0.05, 0.1) is 26.2 Å². The van der Waals surface area contributed by atoms with Crippen molar-refractivity contribution in [2.75, 3.05) is 19.5 Å². The molecule has 30 heavy (non-hydrogen) atoms. The van der Waals surface area contributed by atoms with Crippen molar-refractivity contribution < 1.29 is 14.3 Å². The van der Waals surface area contributed by atoms with E-state index >= 15 is 0 Å². The van der Waals surface area contributed by atoms with Gasteiger partial charge in [-0.3, -0.25) is 0 Å². The van der Waals surface area contributed by atoms with Gasteiger partial charge < -0.3 is 24.6 Å². The molecule has 0 amide bonds. The van der Waals surface area contributed by atoms with Crippen LogP contribution in [0.4, 0.5) is 5.69 Å². The molecule has 0 aliphatic rings. The SMILES string of the molecule is COc1cc(NC(c2ccccc2)C(C=O)c2c[nH]c3ccccc23)cc(OC)c1. The molecular weight excluding hydrogens is 376 g/mol. The number of hydrogen-bond donors (Lipinski definition) is 2. The van der Waals surface area contributed by atoms with Crippen LogP contribution >= 0.6 is 0 Å². The summed E-state index contributed by atoms with van der Waals surface area (Å²) < 4.78 is 10.8. The van der Waals surface area contributed by atoms with Crippen LogP contribution in [0.2, 0.25) is 0 Å². The zero-order valence-corrected chi connectivity index (χ0v) is 17.0. The number of aromatic amines is 1. The van der Waals surface area contributed by atoms with Gasteiger partial charge in [0, 0.05) is 41.0 Å². The number of methoxy groups -OCH3 is 2. The van der Waals surface area contributed by atoms with Gasteiger partial charge in [-0.05, 0) is 17.2 Å². The summed E-state index contributed by atoms with van der Waals surface area (Å²) in [5.41, 5.74) is 3.79. The lowest BCUT2D eigenvalue weighted by molar-refractivity contribution is -0.109. The number of carbonyl (C=O) groups is 1. The molecule has 5 nitrogen and oxygen atoms in total. The predicted octanol–water partition coefficient (Wildman–Crippen LogP) is 5.32. The van der Waals surface area contributed by atoms with Crippen LogP contribution in [0.3, 0.4) is 0 Å². The average molecular weight is 400 g/mol. The Bertz CT molecular complexity index is 1120.